The van der Waals surface area contributed by atoms with Crippen molar-refractivity contribution >= 4 is 12.0 Å². The summed E-state index contributed by atoms with van der Waals surface area (Å²) in [7, 11) is 0. The van der Waals surface area contributed by atoms with E-state index in [0.717, 1.165) is 18.2 Å². The molecule has 0 saturated carbocycles. The van der Waals surface area contributed by atoms with Gasteiger partial charge in [-0.1, -0.05) is 20.8 Å². The van der Waals surface area contributed by atoms with Gasteiger partial charge in [0, 0.05) is 19.2 Å². The van der Waals surface area contributed by atoms with Crippen molar-refractivity contribution in [2.24, 2.45) is 5.92 Å². The molecule has 1 aromatic carbocycles. The summed E-state index contributed by atoms with van der Waals surface area (Å²) in [4.78, 5) is 24.6. The normalized spacial score (nSPS) is 14.6. The van der Waals surface area contributed by atoms with E-state index < -0.39 is 41.5 Å². The molecule has 9 heteroatoms. The number of nitrogens with one attached hydrogen (secondary N) is 3. The second-order valence-electron chi connectivity index (χ2n) is 9.31. The van der Waals surface area contributed by atoms with Crippen LogP contribution in [0.4, 0.5) is 13.6 Å². The van der Waals surface area contributed by atoms with Crippen molar-refractivity contribution in [3.63, 3.8) is 0 Å². The lowest BCUT2D eigenvalue weighted by molar-refractivity contribution is -0.123. The number of hydrogen-bond donors (Lipinski definition) is 4. The van der Waals surface area contributed by atoms with E-state index in [1.807, 2.05) is 20.8 Å². The van der Waals surface area contributed by atoms with Crippen molar-refractivity contribution in [2.45, 2.75) is 78.2 Å². The Kier molecular flexibility index (Phi) is 11.0. The first kappa shape index (κ1) is 27.8. The predicted octanol–water partition coefficient (Wildman–Crippen LogP) is 2.90. The second-order valence-corrected chi connectivity index (χ2v) is 9.31. The number of aliphatic hydroxyl groups is 1. The van der Waals surface area contributed by atoms with Gasteiger partial charge < -0.3 is 25.8 Å². The van der Waals surface area contributed by atoms with E-state index in [2.05, 4.69) is 16.0 Å². The summed E-state index contributed by atoms with van der Waals surface area (Å²) in [6.45, 7) is 11.4. The fourth-order valence-corrected chi connectivity index (χ4v) is 2.98. The molecule has 3 atom stereocenters. The summed E-state index contributed by atoms with van der Waals surface area (Å²) in [6, 6.07) is 1.59. The molecule has 0 spiro atoms. The van der Waals surface area contributed by atoms with Crippen LogP contribution in [0.2, 0.25) is 0 Å². The van der Waals surface area contributed by atoms with Crippen molar-refractivity contribution < 1.29 is 28.2 Å². The molecular weight excluding hydrogens is 420 g/mol. The highest BCUT2D eigenvalue weighted by Gasteiger charge is 2.27. The van der Waals surface area contributed by atoms with E-state index in [9.17, 15) is 23.5 Å². The number of rotatable bonds is 11. The van der Waals surface area contributed by atoms with E-state index in [-0.39, 0.29) is 24.4 Å². The number of ether oxygens (including phenoxy) is 1. The molecule has 182 valence electrons. The highest BCUT2D eigenvalue weighted by Crippen LogP contribution is 2.13. The average Bonchev–Trinajstić information content (AvgIpc) is 2.63. The molecule has 32 heavy (non-hydrogen) atoms. The first-order valence-electron chi connectivity index (χ1n) is 10.9. The Morgan fingerprint density at radius 2 is 1.69 bits per heavy atom. The lowest BCUT2D eigenvalue weighted by Crippen LogP contribution is -2.53. The minimum atomic E-state index is -1.15. The van der Waals surface area contributed by atoms with Crippen LogP contribution in [0, 0.1) is 17.6 Å². The third-order valence-corrected chi connectivity index (χ3v) is 4.53. The minimum absolute atomic E-state index is 0.0220. The monoisotopic (exact) mass is 457 g/mol. The number of aliphatic hydroxyl groups excluding tert-OH is 1. The fraction of sp³-hybridized carbons (Fsp3) is 0.652. The quantitative estimate of drug-likeness (QED) is 0.410. The van der Waals surface area contributed by atoms with Gasteiger partial charge in [0.1, 0.15) is 17.2 Å². The van der Waals surface area contributed by atoms with Crippen molar-refractivity contribution in [3.8, 4) is 0 Å². The van der Waals surface area contributed by atoms with Crippen LogP contribution in [0.5, 0.6) is 0 Å². The zero-order valence-electron chi connectivity index (χ0n) is 19.8. The Balaban J connectivity index is 2.89. The highest BCUT2D eigenvalue weighted by atomic mass is 19.1. The molecule has 0 aliphatic rings. The van der Waals surface area contributed by atoms with Crippen LogP contribution in [0.1, 0.15) is 53.5 Å². The van der Waals surface area contributed by atoms with Crippen LogP contribution in [0.15, 0.2) is 18.2 Å². The molecule has 0 unspecified atom stereocenters. The van der Waals surface area contributed by atoms with Crippen LogP contribution in [0.25, 0.3) is 0 Å². The maximum Gasteiger partial charge on any atom is 0.407 e. The molecular formula is C23H37F2N3O4. The van der Waals surface area contributed by atoms with Crippen molar-refractivity contribution in [2.75, 3.05) is 13.1 Å². The van der Waals surface area contributed by atoms with Gasteiger partial charge in [-0.25, -0.2) is 13.6 Å². The zero-order valence-corrected chi connectivity index (χ0v) is 19.8. The van der Waals surface area contributed by atoms with Crippen molar-refractivity contribution in [1.82, 2.24) is 16.0 Å². The smallest absolute Gasteiger partial charge is 0.407 e. The summed E-state index contributed by atoms with van der Waals surface area (Å²) in [5, 5.41) is 19.2. The first-order valence-corrected chi connectivity index (χ1v) is 10.9. The number of alkyl carbamates (subject to hydrolysis) is 1. The lowest BCUT2D eigenvalue weighted by Gasteiger charge is -2.28. The molecule has 0 aliphatic carbocycles. The van der Waals surface area contributed by atoms with Crippen LogP contribution < -0.4 is 16.0 Å². The lowest BCUT2D eigenvalue weighted by atomic mass is 10.0. The van der Waals surface area contributed by atoms with Gasteiger partial charge in [0.25, 0.3) is 0 Å². The molecule has 7 nitrogen and oxygen atoms in total. The highest BCUT2D eigenvalue weighted by molar-refractivity contribution is 5.81. The van der Waals surface area contributed by atoms with Crippen LogP contribution in [-0.2, 0) is 16.0 Å². The molecule has 0 radical (unpaired) electrons. The number of amides is 2. The Labute approximate surface area is 189 Å². The average molecular weight is 458 g/mol. The van der Waals surface area contributed by atoms with Crippen molar-refractivity contribution in [3.05, 3.63) is 35.4 Å². The van der Waals surface area contributed by atoms with Gasteiger partial charge in [0.15, 0.2) is 0 Å². The predicted molar refractivity (Wildman–Crippen MR) is 119 cm³/mol. The standard InChI is InChI=1S/C23H37F2N3O4/c1-7-18(21(30)27-12-14(2)3)26-13-20(29)19(28-22(31)32-23(4,5)6)10-15-8-16(24)11-17(25)9-15/h8-9,11,14,18-20,26,29H,7,10,12-13H2,1-6H3,(H,27,30)(H,28,31)/t18-,19-,20+/m0/s1. The third-order valence-electron chi connectivity index (χ3n) is 4.53. The number of halogens is 2. The number of carbonyl (C=O) groups is 2. The van der Waals surface area contributed by atoms with Gasteiger partial charge in [-0.05, 0) is 57.2 Å². The molecule has 2 amide bonds. The maximum atomic E-state index is 13.6. The maximum absolute atomic E-state index is 13.6. The summed E-state index contributed by atoms with van der Waals surface area (Å²) in [5.41, 5.74) is -0.491. The van der Waals surface area contributed by atoms with Gasteiger partial charge in [0.05, 0.1) is 18.2 Å². The Bertz CT molecular complexity index is 733. The van der Waals surface area contributed by atoms with Gasteiger partial charge in [-0.3, -0.25) is 4.79 Å². The topological polar surface area (TPSA) is 99.7 Å². The largest absolute Gasteiger partial charge is 0.444 e. The first-order chi connectivity index (χ1) is 14.8. The van der Waals surface area contributed by atoms with E-state index >= 15 is 0 Å². The summed E-state index contributed by atoms with van der Waals surface area (Å²) in [5.74, 6) is -1.39. The van der Waals surface area contributed by atoms with Crippen LogP contribution >= 0.6 is 0 Å². The molecule has 0 heterocycles. The van der Waals surface area contributed by atoms with E-state index in [0.29, 0.717) is 18.9 Å². The molecule has 1 aromatic rings. The second kappa shape index (κ2) is 12.7. The summed E-state index contributed by atoms with van der Waals surface area (Å²) in [6.07, 6.45) is -1.45. The molecule has 0 aliphatic heterocycles. The molecule has 0 fully saturated rings. The molecule has 0 saturated heterocycles. The van der Waals surface area contributed by atoms with Gasteiger partial charge in [-0.15, -0.1) is 0 Å². The van der Waals surface area contributed by atoms with Crippen LogP contribution in [0.3, 0.4) is 0 Å². The van der Waals surface area contributed by atoms with Crippen LogP contribution in [-0.4, -0.2) is 54.0 Å². The Morgan fingerprint density at radius 3 is 2.19 bits per heavy atom. The Hall–Kier alpha value is -2.26. The summed E-state index contributed by atoms with van der Waals surface area (Å²) >= 11 is 0. The summed E-state index contributed by atoms with van der Waals surface area (Å²) < 4.78 is 32.5. The zero-order chi connectivity index (χ0) is 24.5. The van der Waals surface area contributed by atoms with E-state index in [4.69, 9.17) is 4.74 Å². The number of hydrogen-bond acceptors (Lipinski definition) is 5. The van der Waals surface area contributed by atoms with Gasteiger partial charge >= 0.3 is 6.09 Å². The number of benzene rings is 1. The van der Waals surface area contributed by atoms with Crippen molar-refractivity contribution in [1.29, 1.82) is 0 Å². The SMILES string of the molecule is CC[C@H](NC[C@@H](O)[C@H](Cc1cc(F)cc(F)c1)NC(=O)OC(C)(C)C)C(=O)NCC(C)C. The van der Waals surface area contributed by atoms with Gasteiger partial charge in [-0.2, -0.15) is 0 Å². The minimum Gasteiger partial charge on any atom is -0.444 e. The van der Waals surface area contributed by atoms with E-state index in [1.54, 1.807) is 20.8 Å². The van der Waals surface area contributed by atoms with E-state index in [1.165, 1.54) is 0 Å². The van der Waals surface area contributed by atoms with Gasteiger partial charge in [0.2, 0.25) is 5.91 Å². The number of carbonyl (C=O) groups excluding carboxylic acids is 2. The molecule has 1 rings (SSSR count). The molecule has 0 bridgehead atoms. The Morgan fingerprint density at radius 1 is 1.09 bits per heavy atom. The molecule has 4 N–H and O–H groups in total. The third kappa shape index (κ3) is 10.9. The fourth-order valence-electron chi connectivity index (χ4n) is 2.98. The molecule has 0 aromatic heterocycles.